The zero-order chi connectivity index (χ0) is 16.9. The molecule has 1 aliphatic rings. The molecular formula is C15H19BrN4O3S. The van der Waals surface area contributed by atoms with Crippen LogP contribution in [0, 0.1) is 0 Å². The summed E-state index contributed by atoms with van der Waals surface area (Å²) >= 11 is 5.16. The van der Waals surface area contributed by atoms with E-state index in [9.17, 15) is 0 Å². The predicted octanol–water partition coefficient (Wildman–Crippen LogP) is 2.92. The number of benzene rings is 1. The molecule has 0 spiro atoms. The molecule has 1 aromatic heterocycles. The second kappa shape index (κ2) is 8.17. The third kappa shape index (κ3) is 4.01. The third-order valence-corrected chi connectivity index (χ3v) is 5.55. The fraction of sp³-hybridized carbons (Fsp3) is 0.533. The Balaban J connectivity index is 1.69. The molecule has 0 bridgehead atoms. The molecule has 1 aliphatic heterocycles. The van der Waals surface area contributed by atoms with Gasteiger partial charge in [-0.25, -0.2) is 4.68 Å². The van der Waals surface area contributed by atoms with Crippen LogP contribution in [0.15, 0.2) is 21.8 Å². The van der Waals surface area contributed by atoms with E-state index in [1.54, 1.807) is 26.0 Å². The SMILES string of the molecule is COc1cc(Br)c(CSc2nnnn2C[C@H]2CCCO2)cc1OC. The van der Waals surface area contributed by atoms with Gasteiger partial charge in [0.1, 0.15) is 0 Å². The van der Waals surface area contributed by atoms with Crippen LogP contribution in [0.1, 0.15) is 18.4 Å². The van der Waals surface area contributed by atoms with E-state index in [0.29, 0.717) is 23.8 Å². The van der Waals surface area contributed by atoms with Gasteiger partial charge in [-0.2, -0.15) is 0 Å². The van der Waals surface area contributed by atoms with Crippen LogP contribution in [0.25, 0.3) is 0 Å². The fourth-order valence-electron chi connectivity index (χ4n) is 2.54. The maximum Gasteiger partial charge on any atom is 0.209 e. The molecule has 0 aliphatic carbocycles. The number of aromatic nitrogens is 4. The molecular weight excluding hydrogens is 396 g/mol. The van der Waals surface area contributed by atoms with Gasteiger partial charge in [0, 0.05) is 16.8 Å². The van der Waals surface area contributed by atoms with Crippen LogP contribution < -0.4 is 9.47 Å². The number of thioether (sulfide) groups is 1. The van der Waals surface area contributed by atoms with Gasteiger partial charge >= 0.3 is 0 Å². The quantitative estimate of drug-likeness (QED) is 0.644. The van der Waals surface area contributed by atoms with E-state index in [1.807, 2.05) is 16.8 Å². The number of hydrogen-bond donors (Lipinski definition) is 0. The van der Waals surface area contributed by atoms with Gasteiger partial charge < -0.3 is 14.2 Å². The average Bonchev–Trinajstić information content (AvgIpc) is 3.26. The van der Waals surface area contributed by atoms with Gasteiger partial charge in [-0.1, -0.05) is 27.7 Å². The molecule has 130 valence electrons. The Labute approximate surface area is 153 Å². The van der Waals surface area contributed by atoms with Gasteiger partial charge in [0.15, 0.2) is 11.5 Å². The smallest absolute Gasteiger partial charge is 0.209 e. The normalized spacial score (nSPS) is 17.2. The highest BCUT2D eigenvalue weighted by atomic mass is 79.9. The molecule has 1 aromatic carbocycles. The van der Waals surface area contributed by atoms with E-state index in [-0.39, 0.29) is 6.10 Å². The highest BCUT2D eigenvalue weighted by Crippen LogP contribution is 2.35. The molecule has 1 fully saturated rings. The minimum Gasteiger partial charge on any atom is -0.493 e. The van der Waals surface area contributed by atoms with Crippen LogP contribution in [-0.4, -0.2) is 47.1 Å². The Hall–Kier alpha value is -1.32. The first-order valence-electron chi connectivity index (χ1n) is 7.62. The van der Waals surface area contributed by atoms with Crippen LogP contribution in [-0.2, 0) is 17.0 Å². The Kier molecular flexibility index (Phi) is 5.96. The average molecular weight is 415 g/mol. The van der Waals surface area contributed by atoms with Crippen molar-refractivity contribution < 1.29 is 14.2 Å². The van der Waals surface area contributed by atoms with Crippen molar-refractivity contribution in [3.8, 4) is 11.5 Å². The molecule has 3 rings (SSSR count). The Morgan fingerprint density at radius 2 is 2.12 bits per heavy atom. The van der Waals surface area contributed by atoms with E-state index in [2.05, 4.69) is 31.5 Å². The summed E-state index contributed by atoms with van der Waals surface area (Å²) in [6.07, 6.45) is 2.37. The number of tetrazole rings is 1. The minimum absolute atomic E-state index is 0.209. The van der Waals surface area contributed by atoms with E-state index in [0.717, 1.165) is 34.6 Å². The van der Waals surface area contributed by atoms with Crippen molar-refractivity contribution in [3.63, 3.8) is 0 Å². The van der Waals surface area contributed by atoms with Crippen LogP contribution in [0.3, 0.4) is 0 Å². The number of rotatable bonds is 7. The molecule has 0 saturated carbocycles. The van der Waals surface area contributed by atoms with Crippen LogP contribution >= 0.6 is 27.7 Å². The van der Waals surface area contributed by atoms with Gasteiger partial charge in [0.05, 0.1) is 26.9 Å². The molecule has 1 saturated heterocycles. The zero-order valence-electron chi connectivity index (χ0n) is 13.6. The summed E-state index contributed by atoms with van der Waals surface area (Å²) in [5.41, 5.74) is 1.09. The Morgan fingerprint density at radius 3 is 2.83 bits per heavy atom. The number of hydrogen-bond acceptors (Lipinski definition) is 7. The number of halogens is 1. The van der Waals surface area contributed by atoms with E-state index < -0.39 is 0 Å². The highest BCUT2D eigenvalue weighted by molar-refractivity contribution is 9.10. The molecule has 0 N–H and O–H groups in total. The lowest BCUT2D eigenvalue weighted by Crippen LogP contribution is -2.16. The summed E-state index contributed by atoms with van der Waals surface area (Å²) < 4.78 is 19.1. The molecule has 0 unspecified atom stereocenters. The van der Waals surface area contributed by atoms with E-state index in [4.69, 9.17) is 14.2 Å². The lowest BCUT2D eigenvalue weighted by molar-refractivity contribution is 0.0912. The first-order valence-corrected chi connectivity index (χ1v) is 9.40. The van der Waals surface area contributed by atoms with E-state index >= 15 is 0 Å². The summed E-state index contributed by atoms with van der Waals surface area (Å²) in [4.78, 5) is 0. The van der Waals surface area contributed by atoms with Gasteiger partial charge in [-0.3, -0.25) is 0 Å². The second-order valence-corrected chi connectivity index (χ2v) is 7.16. The summed E-state index contributed by atoms with van der Waals surface area (Å²) in [6.45, 7) is 1.52. The highest BCUT2D eigenvalue weighted by Gasteiger charge is 2.19. The molecule has 7 nitrogen and oxygen atoms in total. The fourth-order valence-corrected chi connectivity index (χ4v) is 4.07. The summed E-state index contributed by atoms with van der Waals surface area (Å²) in [7, 11) is 3.25. The predicted molar refractivity (Wildman–Crippen MR) is 93.6 cm³/mol. The lowest BCUT2D eigenvalue weighted by atomic mass is 10.2. The molecule has 0 radical (unpaired) electrons. The maximum atomic E-state index is 5.66. The monoisotopic (exact) mass is 414 g/mol. The lowest BCUT2D eigenvalue weighted by Gasteiger charge is -2.12. The summed E-state index contributed by atoms with van der Waals surface area (Å²) in [5.74, 6) is 2.11. The van der Waals surface area contributed by atoms with Gasteiger partial charge in [-0.05, 0) is 41.0 Å². The summed E-state index contributed by atoms with van der Waals surface area (Å²) in [6, 6.07) is 3.87. The molecule has 2 aromatic rings. The topological polar surface area (TPSA) is 71.3 Å². The standard InChI is InChI=1S/C15H19BrN4O3S/c1-21-13-6-10(12(16)7-14(13)22-2)9-24-15-17-18-19-20(15)8-11-4-3-5-23-11/h6-7,11H,3-5,8-9H2,1-2H3/t11-/m1/s1. The van der Waals surface area contributed by atoms with Crippen molar-refractivity contribution in [2.45, 2.75) is 36.4 Å². The maximum absolute atomic E-state index is 5.66. The third-order valence-electron chi connectivity index (χ3n) is 3.81. The van der Waals surface area contributed by atoms with Gasteiger partial charge in [0.2, 0.25) is 5.16 Å². The summed E-state index contributed by atoms with van der Waals surface area (Å²) in [5, 5.41) is 12.8. The van der Waals surface area contributed by atoms with Crippen molar-refractivity contribution >= 4 is 27.7 Å². The van der Waals surface area contributed by atoms with Crippen LogP contribution in [0.5, 0.6) is 11.5 Å². The number of ether oxygens (including phenoxy) is 3. The molecule has 24 heavy (non-hydrogen) atoms. The second-order valence-electron chi connectivity index (χ2n) is 5.37. The molecule has 9 heteroatoms. The van der Waals surface area contributed by atoms with Crippen LogP contribution in [0.4, 0.5) is 0 Å². The Morgan fingerprint density at radius 1 is 1.33 bits per heavy atom. The van der Waals surface area contributed by atoms with Gasteiger partial charge in [-0.15, -0.1) is 5.10 Å². The van der Waals surface area contributed by atoms with Crippen molar-refractivity contribution in [2.24, 2.45) is 0 Å². The number of nitrogens with zero attached hydrogens (tertiary/aromatic N) is 4. The Bertz CT molecular complexity index is 691. The molecule has 2 heterocycles. The van der Waals surface area contributed by atoms with Crippen molar-refractivity contribution in [2.75, 3.05) is 20.8 Å². The van der Waals surface area contributed by atoms with Crippen molar-refractivity contribution in [1.82, 2.24) is 20.2 Å². The van der Waals surface area contributed by atoms with Crippen LogP contribution in [0.2, 0.25) is 0 Å². The van der Waals surface area contributed by atoms with Crippen molar-refractivity contribution in [3.05, 3.63) is 22.2 Å². The van der Waals surface area contributed by atoms with E-state index in [1.165, 1.54) is 0 Å². The molecule has 0 amide bonds. The zero-order valence-corrected chi connectivity index (χ0v) is 16.0. The minimum atomic E-state index is 0.209. The first kappa shape index (κ1) is 17.5. The van der Waals surface area contributed by atoms with Crippen molar-refractivity contribution in [1.29, 1.82) is 0 Å². The first-order chi connectivity index (χ1) is 11.7. The molecule has 1 atom stereocenters. The number of methoxy groups -OCH3 is 2. The van der Waals surface area contributed by atoms with Gasteiger partial charge in [0.25, 0.3) is 0 Å². The largest absolute Gasteiger partial charge is 0.493 e.